The molecule has 0 unspecified atom stereocenters. The number of amides is 2. The maximum atomic E-state index is 12.1. The summed E-state index contributed by atoms with van der Waals surface area (Å²) in [6.45, 7) is 3.92. The number of hydrogen-bond acceptors (Lipinski definition) is 3. The Morgan fingerprint density at radius 1 is 1.00 bits per heavy atom. The molecule has 0 aliphatic carbocycles. The number of rotatable bonds is 5. The molecule has 5 nitrogen and oxygen atoms in total. The molecule has 2 aromatic carbocycles. The van der Waals surface area contributed by atoms with Crippen LogP contribution < -0.4 is 16.0 Å². The van der Waals surface area contributed by atoms with Gasteiger partial charge in [-0.1, -0.05) is 36.4 Å². The van der Waals surface area contributed by atoms with Crippen LogP contribution in [0, 0.1) is 0 Å². The van der Waals surface area contributed by atoms with Crippen molar-refractivity contribution in [2.45, 2.75) is 0 Å². The highest BCUT2D eigenvalue weighted by Crippen LogP contribution is 2.14. The molecule has 2 rings (SSSR count). The van der Waals surface area contributed by atoms with E-state index in [1.807, 2.05) is 6.07 Å². The summed E-state index contributed by atoms with van der Waals surface area (Å²) < 4.78 is 0. The second kappa shape index (κ2) is 8.59. The van der Waals surface area contributed by atoms with E-state index in [-0.39, 0.29) is 16.9 Å². The average molecular weight is 339 g/mol. The summed E-state index contributed by atoms with van der Waals surface area (Å²) in [6, 6.07) is 15.6. The van der Waals surface area contributed by atoms with Gasteiger partial charge in [0.2, 0.25) is 0 Å². The lowest BCUT2D eigenvalue weighted by molar-refractivity contribution is 0.0956. The van der Waals surface area contributed by atoms with E-state index in [1.54, 1.807) is 54.6 Å². The summed E-state index contributed by atoms with van der Waals surface area (Å²) in [5.41, 5.74) is 1.44. The Bertz CT molecular complexity index is 760. The maximum absolute atomic E-state index is 12.1. The average Bonchev–Trinajstić information content (AvgIpc) is 2.60. The fourth-order valence-electron chi connectivity index (χ4n) is 1.97. The van der Waals surface area contributed by atoms with E-state index in [0.29, 0.717) is 23.4 Å². The minimum atomic E-state index is -0.318. The van der Waals surface area contributed by atoms with E-state index < -0.39 is 0 Å². The quantitative estimate of drug-likeness (QED) is 0.579. The van der Waals surface area contributed by atoms with E-state index in [0.717, 1.165) is 0 Å². The van der Waals surface area contributed by atoms with Crippen LogP contribution >= 0.6 is 12.2 Å². The first kappa shape index (κ1) is 17.4. The number of nitrogens with one attached hydrogen (secondary N) is 3. The van der Waals surface area contributed by atoms with Crippen molar-refractivity contribution in [3.63, 3.8) is 0 Å². The van der Waals surface area contributed by atoms with Crippen LogP contribution in [0.2, 0.25) is 0 Å². The molecule has 0 saturated carbocycles. The molecule has 6 heteroatoms. The van der Waals surface area contributed by atoms with Crippen LogP contribution in [0.5, 0.6) is 0 Å². The highest BCUT2D eigenvalue weighted by molar-refractivity contribution is 7.80. The van der Waals surface area contributed by atoms with E-state index >= 15 is 0 Å². The fraction of sp³-hybridized carbons (Fsp3) is 0.0556. The Kier molecular flexibility index (Phi) is 6.22. The van der Waals surface area contributed by atoms with Crippen molar-refractivity contribution < 1.29 is 9.59 Å². The Balaban J connectivity index is 2.05. The zero-order chi connectivity index (χ0) is 17.4. The Morgan fingerprint density at radius 2 is 1.67 bits per heavy atom. The van der Waals surface area contributed by atoms with E-state index in [4.69, 9.17) is 12.2 Å². The first-order chi connectivity index (χ1) is 11.6. The van der Waals surface area contributed by atoms with Gasteiger partial charge in [-0.2, -0.15) is 0 Å². The van der Waals surface area contributed by atoms with Crippen LogP contribution in [-0.4, -0.2) is 23.5 Å². The monoisotopic (exact) mass is 339 g/mol. The van der Waals surface area contributed by atoms with E-state index in [2.05, 4.69) is 22.5 Å². The Labute approximate surface area is 145 Å². The van der Waals surface area contributed by atoms with Crippen LogP contribution in [0.4, 0.5) is 5.69 Å². The lowest BCUT2D eigenvalue weighted by atomic mass is 10.1. The lowest BCUT2D eigenvalue weighted by Crippen LogP contribution is -2.35. The van der Waals surface area contributed by atoms with Crippen LogP contribution in [0.15, 0.2) is 67.3 Å². The lowest BCUT2D eigenvalue weighted by Gasteiger charge is -2.13. The van der Waals surface area contributed by atoms with Crippen molar-refractivity contribution >= 4 is 34.8 Å². The van der Waals surface area contributed by atoms with E-state index in [1.165, 1.54) is 0 Å². The fourth-order valence-corrected chi connectivity index (χ4v) is 2.17. The normalized spacial score (nSPS) is 9.67. The van der Waals surface area contributed by atoms with Crippen molar-refractivity contribution in [2.75, 3.05) is 11.9 Å². The number of carbonyl (C=O) groups excluding carboxylic acids is 2. The summed E-state index contributed by atoms with van der Waals surface area (Å²) >= 11 is 5.15. The van der Waals surface area contributed by atoms with Gasteiger partial charge in [-0.15, -0.1) is 6.58 Å². The van der Waals surface area contributed by atoms with Crippen molar-refractivity contribution in [3.05, 3.63) is 78.4 Å². The SMILES string of the molecule is C=CCNC(=O)c1ccccc1NC(=S)NC(=O)c1ccccc1. The molecule has 122 valence electrons. The standard InChI is InChI=1S/C18H17N3O2S/c1-2-12-19-17(23)14-10-6-7-11-15(14)20-18(24)21-16(22)13-8-4-3-5-9-13/h2-11H,1,12H2,(H,19,23)(H2,20,21,22,24). The van der Waals surface area contributed by atoms with Crippen molar-refractivity contribution in [1.29, 1.82) is 0 Å². The topological polar surface area (TPSA) is 70.2 Å². The van der Waals surface area contributed by atoms with Gasteiger partial charge in [0, 0.05) is 12.1 Å². The number of hydrogen-bond donors (Lipinski definition) is 3. The molecule has 0 radical (unpaired) electrons. The van der Waals surface area contributed by atoms with Crippen LogP contribution in [0.3, 0.4) is 0 Å². The van der Waals surface area contributed by atoms with Gasteiger partial charge in [-0.3, -0.25) is 14.9 Å². The van der Waals surface area contributed by atoms with Crippen LogP contribution in [0.25, 0.3) is 0 Å². The van der Waals surface area contributed by atoms with Gasteiger partial charge in [0.25, 0.3) is 11.8 Å². The molecule has 0 aliphatic heterocycles. The Morgan fingerprint density at radius 3 is 2.38 bits per heavy atom. The van der Waals surface area contributed by atoms with Crippen molar-refractivity contribution in [1.82, 2.24) is 10.6 Å². The molecule has 0 bridgehead atoms. The van der Waals surface area contributed by atoms with Crippen LogP contribution in [0.1, 0.15) is 20.7 Å². The summed E-state index contributed by atoms with van der Waals surface area (Å²) in [7, 11) is 0. The van der Waals surface area contributed by atoms with E-state index in [9.17, 15) is 9.59 Å². The van der Waals surface area contributed by atoms with Gasteiger partial charge in [-0.05, 0) is 36.5 Å². The zero-order valence-electron chi connectivity index (χ0n) is 12.9. The number of thiocarbonyl (C=S) groups is 1. The number of benzene rings is 2. The third kappa shape index (κ3) is 4.76. The summed E-state index contributed by atoms with van der Waals surface area (Å²) in [6.07, 6.45) is 1.60. The highest BCUT2D eigenvalue weighted by Gasteiger charge is 2.12. The Hall–Kier alpha value is -2.99. The predicted octanol–water partition coefficient (Wildman–Crippen LogP) is 2.73. The van der Waals surface area contributed by atoms with Gasteiger partial charge in [0.05, 0.1) is 11.3 Å². The maximum Gasteiger partial charge on any atom is 0.257 e. The van der Waals surface area contributed by atoms with Crippen molar-refractivity contribution in [2.24, 2.45) is 0 Å². The molecular formula is C18H17N3O2S. The smallest absolute Gasteiger partial charge is 0.257 e. The molecule has 0 aromatic heterocycles. The summed E-state index contributed by atoms with van der Waals surface area (Å²) in [5, 5.41) is 8.29. The molecule has 0 fully saturated rings. The minimum absolute atomic E-state index is 0.118. The number of carbonyl (C=O) groups is 2. The van der Waals surface area contributed by atoms with Gasteiger partial charge < -0.3 is 10.6 Å². The van der Waals surface area contributed by atoms with Gasteiger partial charge >= 0.3 is 0 Å². The zero-order valence-corrected chi connectivity index (χ0v) is 13.7. The van der Waals surface area contributed by atoms with Crippen molar-refractivity contribution in [3.8, 4) is 0 Å². The summed E-state index contributed by atoms with van der Waals surface area (Å²) in [4.78, 5) is 24.2. The minimum Gasteiger partial charge on any atom is -0.349 e. The summed E-state index contributed by atoms with van der Waals surface area (Å²) in [5.74, 6) is -0.572. The molecule has 2 aromatic rings. The molecule has 0 aliphatic rings. The largest absolute Gasteiger partial charge is 0.349 e. The second-order valence-electron chi connectivity index (χ2n) is 4.82. The van der Waals surface area contributed by atoms with Gasteiger partial charge in [0.1, 0.15) is 0 Å². The first-order valence-corrected chi connectivity index (χ1v) is 7.68. The third-order valence-corrected chi connectivity index (χ3v) is 3.29. The predicted molar refractivity (Wildman–Crippen MR) is 99.1 cm³/mol. The van der Waals surface area contributed by atoms with Crippen LogP contribution in [-0.2, 0) is 0 Å². The molecule has 0 heterocycles. The first-order valence-electron chi connectivity index (χ1n) is 7.27. The highest BCUT2D eigenvalue weighted by atomic mass is 32.1. The third-order valence-electron chi connectivity index (χ3n) is 3.09. The molecule has 0 atom stereocenters. The van der Waals surface area contributed by atoms with Gasteiger partial charge in [0.15, 0.2) is 5.11 Å². The number of anilines is 1. The molecular weight excluding hydrogens is 322 g/mol. The second-order valence-corrected chi connectivity index (χ2v) is 5.23. The number of para-hydroxylation sites is 1. The van der Waals surface area contributed by atoms with Gasteiger partial charge in [-0.25, -0.2) is 0 Å². The molecule has 2 amide bonds. The molecule has 0 saturated heterocycles. The molecule has 24 heavy (non-hydrogen) atoms. The molecule has 3 N–H and O–H groups in total. The molecule has 0 spiro atoms.